The highest BCUT2D eigenvalue weighted by atomic mass is 35.5. The molecule has 0 saturated heterocycles. The lowest BCUT2D eigenvalue weighted by atomic mass is 10.1. The quantitative estimate of drug-likeness (QED) is 0.384. The summed E-state index contributed by atoms with van der Waals surface area (Å²) in [4.78, 5) is 20.0. The van der Waals surface area contributed by atoms with E-state index in [1.165, 1.54) is 0 Å². The number of carbonyl (C=O) groups is 2. The summed E-state index contributed by atoms with van der Waals surface area (Å²) in [6.45, 7) is -0.589. The molecule has 3 N–H and O–H groups in total. The maximum atomic E-state index is 10.0. The van der Waals surface area contributed by atoms with Crippen LogP contribution in [-0.2, 0) is 9.53 Å². The molecule has 0 rings (SSSR count). The van der Waals surface area contributed by atoms with Crippen LogP contribution in [0.4, 0.5) is 4.79 Å². The molecule has 0 bridgehead atoms. The second-order valence-corrected chi connectivity index (χ2v) is 2.54. The van der Waals surface area contributed by atoms with Gasteiger partial charge in [-0.15, -0.1) is 0 Å². The molecule has 7 heteroatoms. The molecule has 0 unspecified atom stereocenters. The molecule has 0 aliphatic rings. The normalized spacial score (nSPS) is 17.2. The van der Waals surface area contributed by atoms with Crippen LogP contribution >= 0.6 is 11.6 Å². The molecule has 0 aromatic heterocycles. The first-order valence-corrected chi connectivity index (χ1v) is 3.68. The third-order valence-electron chi connectivity index (χ3n) is 1.25. The molecule has 0 aliphatic carbocycles. The van der Waals surface area contributed by atoms with Crippen molar-refractivity contribution in [3.05, 3.63) is 0 Å². The van der Waals surface area contributed by atoms with Gasteiger partial charge in [0, 0.05) is 11.6 Å². The standard InChI is InChI=1S/C6H9ClO6/c7-6(12)13-2-4(10)5(11)3(9)1-8/h1,3-5,9-11H,2H2/t3-,4+,5-/m0/s1. The predicted molar refractivity (Wildman–Crippen MR) is 41.3 cm³/mol. The minimum atomic E-state index is -1.72. The highest BCUT2D eigenvalue weighted by Crippen LogP contribution is 2.00. The largest absolute Gasteiger partial charge is 0.451 e. The Hall–Kier alpha value is -0.690. The molecule has 6 nitrogen and oxygen atoms in total. The number of halogens is 1. The van der Waals surface area contributed by atoms with Gasteiger partial charge in [-0.1, -0.05) is 0 Å². The van der Waals surface area contributed by atoms with Crippen LogP contribution in [0, 0.1) is 0 Å². The highest BCUT2D eigenvalue weighted by molar-refractivity contribution is 6.61. The Kier molecular flexibility index (Phi) is 5.56. The Bertz CT molecular complexity index is 184. The van der Waals surface area contributed by atoms with Crippen LogP contribution in [0.3, 0.4) is 0 Å². The number of carbonyl (C=O) groups excluding carboxylic acids is 2. The van der Waals surface area contributed by atoms with Crippen molar-refractivity contribution in [1.82, 2.24) is 0 Å². The lowest BCUT2D eigenvalue weighted by molar-refractivity contribution is -0.127. The highest BCUT2D eigenvalue weighted by Gasteiger charge is 2.24. The van der Waals surface area contributed by atoms with Crippen molar-refractivity contribution >= 4 is 23.3 Å². The van der Waals surface area contributed by atoms with Gasteiger partial charge in [-0.25, -0.2) is 4.79 Å². The molecular weight excluding hydrogens is 204 g/mol. The SMILES string of the molecule is O=C[C@H](O)[C@H](O)[C@H](O)COC(=O)Cl. The molecule has 0 spiro atoms. The van der Waals surface area contributed by atoms with Crippen molar-refractivity contribution in [3.63, 3.8) is 0 Å². The van der Waals surface area contributed by atoms with Crippen LogP contribution in [0.25, 0.3) is 0 Å². The molecule has 76 valence electrons. The fourth-order valence-corrected chi connectivity index (χ4v) is 0.621. The zero-order chi connectivity index (χ0) is 10.4. The molecule has 0 saturated carbocycles. The molecule has 0 heterocycles. The Balaban J connectivity index is 3.87. The molecule has 0 aliphatic heterocycles. The van der Waals surface area contributed by atoms with Crippen LogP contribution in [0.2, 0.25) is 0 Å². The first kappa shape index (κ1) is 12.3. The van der Waals surface area contributed by atoms with Gasteiger partial charge in [0.2, 0.25) is 0 Å². The van der Waals surface area contributed by atoms with Gasteiger partial charge >= 0.3 is 5.43 Å². The predicted octanol–water partition coefficient (Wildman–Crippen LogP) is -1.36. The maximum absolute atomic E-state index is 10.0. The fourth-order valence-electron chi connectivity index (χ4n) is 0.558. The van der Waals surface area contributed by atoms with Crippen molar-refractivity contribution in [1.29, 1.82) is 0 Å². The number of ether oxygens (including phenoxy) is 1. The van der Waals surface area contributed by atoms with Crippen LogP contribution in [0.15, 0.2) is 0 Å². The average molecular weight is 213 g/mol. The zero-order valence-corrected chi connectivity index (χ0v) is 7.22. The van der Waals surface area contributed by atoms with Gasteiger partial charge in [-0.05, 0) is 0 Å². The number of aliphatic hydroxyl groups excluding tert-OH is 3. The van der Waals surface area contributed by atoms with Crippen LogP contribution < -0.4 is 0 Å². The van der Waals surface area contributed by atoms with Gasteiger partial charge in [-0.3, -0.25) is 0 Å². The molecule has 0 fully saturated rings. The summed E-state index contributed by atoms with van der Waals surface area (Å²) in [6, 6.07) is 0. The summed E-state index contributed by atoms with van der Waals surface area (Å²) in [5.74, 6) is 0. The van der Waals surface area contributed by atoms with Crippen LogP contribution in [0.1, 0.15) is 0 Å². The number of hydrogen-bond donors (Lipinski definition) is 3. The minimum absolute atomic E-state index is 0.0520. The van der Waals surface area contributed by atoms with Crippen LogP contribution in [0.5, 0.6) is 0 Å². The van der Waals surface area contributed by atoms with Gasteiger partial charge < -0.3 is 24.9 Å². The molecule has 3 atom stereocenters. The third-order valence-corrected chi connectivity index (χ3v) is 1.36. The zero-order valence-electron chi connectivity index (χ0n) is 6.46. The lowest BCUT2D eigenvalue weighted by Crippen LogP contribution is -2.41. The fraction of sp³-hybridized carbons (Fsp3) is 0.667. The van der Waals surface area contributed by atoms with Gasteiger partial charge in [-0.2, -0.15) is 0 Å². The maximum Gasteiger partial charge on any atom is 0.403 e. The molecular formula is C6H9ClO6. The van der Waals surface area contributed by atoms with E-state index in [2.05, 4.69) is 4.74 Å². The third kappa shape index (κ3) is 4.79. The Morgan fingerprint density at radius 3 is 2.38 bits per heavy atom. The summed E-state index contributed by atoms with van der Waals surface area (Å²) in [6.07, 6.45) is -4.92. The summed E-state index contributed by atoms with van der Waals surface area (Å²) >= 11 is 4.75. The monoisotopic (exact) mass is 212 g/mol. The van der Waals surface area contributed by atoms with Crippen LogP contribution in [-0.4, -0.2) is 52.0 Å². The summed E-state index contributed by atoms with van der Waals surface area (Å²) in [5.41, 5.74) is -1.15. The van der Waals surface area contributed by atoms with E-state index >= 15 is 0 Å². The Labute approximate surface area is 78.7 Å². The van der Waals surface area contributed by atoms with E-state index < -0.39 is 30.3 Å². The van der Waals surface area contributed by atoms with Crippen molar-refractivity contribution < 1.29 is 29.6 Å². The number of aliphatic hydroxyl groups is 3. The van der Waals surface area contributed by atoms with E-state index in [0.29, 0.717) is 0 Å². The Morgan fingerprint density at radius 2 is 2.00 bits per heavy atom. The summed E-state index contributed by atoms with van der Waals surface area (Å²) in [5, 5.41) is 26.6. The topological polar surface area (TPSA) is 104 Å². The van der Waals surface area contributed by atoms with Crippen molar-refractivity contribution in [3.8, 4) is 0 Å². The van der Waals surface area contributed by atoms with E-state index in [-0.39, 0.29) is 6.29 Å². The number of hydrogen-bond acceptors (Lipinski definition) is 6. The first-order chi connectivity index (χ1) is 5.99. The minimum Gasteiger partial charge on any atom is -0.451 e. The molecule has 0 radical (unpaired) electrons. The summed E-state index contributed by atoms with van der Waals surface area (Å²) < 4.78 is 4.11. The van der Waals surface area contributed by atoms with Crippen molar-refractivity contribution in [2.75, 3.05) is 6.61 Å². The summed E-state index contributed by atoms with van der Waals surface area (Å²) in [7, 11) is 0. The number of aldehydes is 1. The van der Waals surface area contributed by atoms with E-state index in [4.69, 9.17) is 26.9 Å². The molecule has 0 amide bonds. The van der Waals surface area contributed by atoms with Gasteiger partial charge in [0.25, 0.3) is 0 Å². The van der Waals surface area contributed by atoms with Gasteiger partial charge in [0.1, 0.15) is 24.9 Å². The molecule has 13 heavy (non-hydrogen) atoms. The second kappa shape index (κ2) is 5.87. The van der Waals surface area contributed by atoms with E-state index in [1.54, 1.807) is 0 Å². The lowest BCUT2D eigenvalue weighted by Gasteiger charge is -2.18. The van der Waals surface area contributed by atoms with E-state index in [0.717, 1.165) is 0 Å². The van der Waals surface area contributed by atoms with E-state index in [9.17, 15) is 9.59 Å². The van der Waals surface area contributed by atoms with E-state index in [1.807, 2.05) is 0 Å². The first-order valence-electron chi connectivity index (χ1n) is 3.30. The van der Waals surface area contributed by atoms with Gasteiger partial charge in [0.15, 0.2) is 6.29 Å². The average Bonchev–Trinajstić information content (AvgIpc) is 2.11. The Morgan fingerprint density at radius 1 is 1.46 bits per heavy atom. The molecule has 0 aromatic rings. The smallest absolute Gasteiger partial charge is 0.403 e. The van der Waals surface area contributed by atoms with Gasteiger partial charge in [0.05, 0.1) is 0 Å². The second-order valence-electron chi connectivity index (χ2n) is 2.23. The van der Waals surface area contributed by atoms with Crippen molar-refractivity contribution in [2.45, 2.75) is 18.3 Å². The number of rotatable bonds is 5. The van der Waals surface area contributed by atoms with Crippen molar-refractivity contribution in [2.24, 2.45) is 0 Å². The molecule has 0 aromatic carbocycles.